The first-order valence-electron chi connectivity index (χ1n) is 8.72. The van der Waals surface area contributed by atoms with E-state index in [4.69, 9.17) is 11.6 Å². The molecule has 3 rings (SSSR count). The summed E-state index contributed by atoms with van der Waals surface area (Å²) in [5.74, 6) is 0.0689. The number of rotatable bonds is 4. The molecule has 2 aliphatic rings. The van der Waals surface area contributed by atoms with Crippen molar-refractivity contribution in [3.63, 3.8) is 0 Å². The van der Waals surface area contributed by atoms with E-state index in [1.807, 2.05) is 6.07 Å². The van der Waals surface area contributed by atoms with Gasteiger partial charge in [-0.05, 0) is 30.4 Å². The fourth-order valence-corrected chi connectivity index (χ4v) is 4.35. The van der Waals surface area contributed by atoms with E-state index in [9.17, 15) is 14.9 Å². The molecule has 6 heteroatoms. The number of piperidine rings is 1. The van der Waals surface area contributed by atoms with E-state index in [1.165, 1.54) is 19.3 Å². The van der Waals surface area contributed by atoms with Crippen LogP contribution < -0.4 is 0 Å². The van der Waals surface area contributed by atoms with Gasteiger partial charge in [0.2, 0.25) is 11.9 Å². The van der Waals surface area contributed by atoms with Crippen LogP contribution in [0.2, 0.25) is 5.02 Å². The van der Waals surface area contributed by atoms with Gasteiger partial charge in [-0.1, -0.05) is 49.1 Å². The van der Waals surface area contributed by atoms with E-state index >= 15 is 0 Å². The maximum atomic E-state index is 12.6. The van der Waals surface area contributed by atoms with Crippen molar-refractivity contribution >= 4 is 17.5 Å². The smallest absolute Gasteiger partial charge is 0.237 e. The number of likely N-dealkylation sites (tertiary alicyclic amines) is 1. The molecule has 0 spiro atoms. The maximum absolute atomic E-state index is 12.6. The van der Waals surface area contributed by atoms with Crippen molar-refractivity contribution in [3.8, 4) is 0 Å². The highest BCUT2D eigenvalue weighted by Crippen LogP contribution is 2.35. The lowest BCUT2D eigenvalue weighted by molar-refractivity contribution is -0.528. The number of amides is 1. The molecule has 0 bridgehead atoms. The lowest BCUT2D eigenvalue weighted by Crippen LogP contribution is -2.51. The Bertz CT molecular complexity index is 616. The summed E-state index contributed by atoms with van der Waals surface area (Å²) in [7, 11) is 0. The van der Waals surface area contributed by atoms with Crippen LogP contribution in [0.1, 0.15) is 50.0 Å². The first kappa shape index (κ1) is 17.2. The minimum Gasteiger partial charge on any atom is -0.335 e. The monoisotopic (exact) mass is 350 g/mol. The minimum atomic E-state index is -0.786. The highest BCUT2D eigenvalue weighted by atomic mass is 35.5. The van der Waals surface area contributed by atoms with Gasteiger partial charge in [0.1, 0.15) is 0 Å². The van der Waals surface area contributed by atoms with Crippen LogP contribution >= 0.6 is 11.6 Å². The van der Waals surface area contributed by atoms with Gasteiger partial charge in [-0.25, -0.2) is 0 Å². The molecule has 0 unspecified atom stereocenters. The van der Waals surface area contributed by atoms with Gasteiger partial charge in [-0.2, -0.15) is 0 Å². The van der Waals surface area contributed by atoms with Crippen molar-refractivity contribution in [1.82, 2.24) is 4.90 Å². The molecule has 0 N–H and O–H groups in total. The third-order valence-corrected chi connectivity index (χ3v) is 5.74. The van der Waals surface area contributed by atoms with E-state index in [-0.39, 0.29) is 23.8 Å². The summed E-state index contributed by atoms with van der Waals surface area (Å²) in [6.45, 7) is 0.858. The maximum Gasteiger partial charge on any atom is 0.237 e. The predicted octanol–water partition coefficient (Wildman–Crippen LogP) is 3.88. The summed E-state index contributed by atoms with van der Waals surface area (Å²) >= 11 is 6.22. The molecule has 1 heterocycles. The van der Waals surface area contributed by atoms with Gasteiger partial charge < -0.3 is 4.90 Å². The van der Waals surface area contributed by atoms with Gasteiger partial charge in [-0.3, -0.25) is 14.9 Å². The van der Waals surface area contributed by atoms with Crippen LogP contribution in [0.25, 0.3) is 0 Å². The van der Waals surface area contributed by atoms with Gasteiger partial charge >= 0.3 is 0 Å². The summed E-state index contributed by atoms with van der Waals surface area (Å²) in [6, 6.07) is 6.36. The van der Waals surface area contributed by atoms with Crippen LogP contribution in [0, 0.1) is 16.0 Å². The average molecular weight is 351 g/mol. The lowest BCUT2D eigenvalue weighted by Gasteiger charge is -2.36. The van der Waals surface area contributed by atoms with Crippen molar-refractivity contribution in [2.45, 2.75) is 50.5 Å². The van der Waals surface area contributed by atoms with E-state index in [0.29, 0.717) is 23.0 Å². The Kier molecular flexibility index (Phi) is 5.39. The summed E-state index contributed by atoms with van der Waals surface area (Å²) in [6.07, 6.45) is 6.08. The average Bonchev–Trinajstić information content (AvgIpc) is 2.57. The Hall–Kier alpha value is -1.62. The number of carbonyl (C=O) groups is 1. The second kappa shape index (κ2) is 7.51. The minimum absolute atomic E-state index is 0.0172. The largest absolute Gasteiger partial charge is 0.335 e. The van der Waals surface area contributed by atoms with Crippen molar-refractivity contribution in [1.29, 1.82) is 0 Å². The van der Waals surface area contributed by atoms with Gasteiger partial charge in [0, 0.05) is 22.9 Å². The van der Waals surface area contributed by atoms with E-state index in [1.54, 1.807) is 23.1 Å². The number of nitrogens with zero attached hydrogens (tertiary/aromatic N) is 2. The Morgan fingerprint density at radius 3 is 2.58 bits per heavy atom. The van der Waals surface area contributed by atoms with Crippen LogP contribution in [0.3, 0.4) is 0 Å². The molecule has 1 amide bonds. The quantitative estimate of drug-likeness (QED) is 0.611. The second-order valence-corrected chi connectivity index (χ2v) is 7.39. The van der Waals surface area contributed by atoms with Crippen LogP contribution in [-0.4, -0.2) is 34.9 Å². The third kappa shape index (κ3) is 3.72. The molecule has 5 nitrogen and oxygen atoms in total. The van der Waals surface area contributed by atoms with Gasteiger partial charge in [0.05, 0.1) is 12.5 Å². The number of nitro groups is 1. The Balaban J connectivity index is 1.76. The Morgan fingerprint density at radius 2 is 1.92 bits per heavy atom. The molecule has 0 radical (unpaired) electrons. The van der Waals surface area contributed by atoms with Crippen molar-refractivity contribution in [2.75, 3.05) is 13.1 Å². The molecular formula is C18H23ClN2O3. The standard InChI is InChI=1S/C18H23ClN2O3/c19-16-9-5-4-8-14(16)15-10-18(22)20(12-17(15)21(23)24)11-13-6-2-1-3-7-13/h4-5,8-9,13,15,17H,1-3,6-7,10-12H2/t15-,17+/m1/s1. The molecular weight excluding hydrogens is 328 g/mol. The first-order chi connectivity index (χ1) is 11.6. The fraction of sp³-hybridized carbons (Fsp3) is 0.611. The zero-order valence-corrected chi connectivity index (χ0v) is 14.5. The van der Waals surface area contributed by atoms with Gasteiger partial charge in [-0.15, -0.1) is 0 Å². The summed E-state index contributed by atoms with van der Waals surface area (Å²) in [4.78, 5) is 25.7. The SMILES string of the molecule is O=C1C[C@H](c2ccccc2Cl)[C@@H]([N+](=O)[O-])CN1CC1CCCCC1. The normalized spacial score (nSPS) is 25.7. The number of halogens is 1. The molecule has 1 aromatic rings. The summed E-state index contributed by atoms with van der Waals surface area (Å²) in [5, 5.41) is 12.1. The van der Waals surface area contributed by atoms with E-state index in [0.717, 1.165) is 12.8 Å². The van der Waals surface area contributed by atoms with Crippen molar-refractivity contribution in [3.05, 3.63) is 45.0 Å². The Morgan fingerprint density at radius 1 is 1.21 bits per heavy atom. The van der Waals surface area contributed by atoms with E-state index < -0.39 is 12.0 Å². The highest BCUT2D eigenvalue weighted by Gasteiger charge is 2.43. The Labute approximate surface area is 147 Å². The second-order valence-electron chi connectivity index (χ2n) is 6.99. The number of hydrogen-bond donors (Lipinski definition) is 0. The molecule has 24 heavy (non-hydrogen) atoms. The third-order valence-electron chi connectivity index (χ3n) is 5.40. The molecule has 1 aliphatic heterocycles. The topological polar surface area (TPSA) is 63.4 Å². The van der Waals surface area contributed by atoms with Gasteiger partial charge in [0.25, 0.3) is 0 Å². The molecule has 2 atom stereocenters. The van der Waals surface area contributed by atoms with Crippen molar-refractivity contribution in [2.24, 2.45) is 5.92 Å². The van der Waals surface area contributed by atoms with Gasteiger partial charge in [0.15, 0.2) is 0 Å². The lowest BCUT2D eigenvalue weighted by atomic mass is 9.83. The summed E-state index contributed by atoms with van der Waals surface area (Å²) in [5.41, 5.74) is 0.714. The van der Waals surface area contributed by atoms with Crippen LogP contribution in [0.4, 0.5) is 0 Å². The molecule has 0 aromatic heterocycles. The zero-order valence-electron chi connectivity index (χ0n) is 13.7. The molecule has 130 valence electrons. The fourth-order valence-electron chi connectivity index (χ4n) is 4.07. The van der Waals surface area contributed by atoms with Crippen LogP contribution in [-0.2, 0) is 4.79 Å². The molecule has 1 aromatic carbocycles. The van der Waals surface area contributed by atoms with E-state index in [2.05, 4.69) is 0 Å². The molecule has 1 aliphatic carbocycles. The predicted molar refractivity (Wildman–Crippen MR) is 92.7 cm³/mol. The zero-order chi connectivity index (χ0) is 17.1. The number of carbonyl (C=O) groups excluding carboxylic acids is 1. The number of hydrogen-bond acceptors (Lipinski definition) is 3. The molecule has 1 saturated carbocycles. The summed E-state index contributed by atoms with van der Waals surface area (Å²) < 4.78 is 0. The molecule has 2 fully saturated rings. The van der Waals surface area contributed by atoms with Crippen molar-refractivity contribution < 1.29 is 9.72 Å². The molecule has 1 saturated heterocycles. The van der Waals surface area contributed by atoms with Crippen LogP contribution in [0.15, 0.2) is 24.3 Å². The first-order valence-corrected chi connectivity index (χ1v) is 9.09. The van der Waals surface area contributed by atoms with Crippen LogP contribution in [0.5, 0.6) is 0 Å². The number of benzene rings is 1. The highest BCUT2D eigenvalue weighted by molar-refractivity contribution is 6.31.